The summed E-state index contributed by atoms with van der Waals surface area (Å²) in [5.74, 6) is 0. The molecule has 1 aliphatic rings. The summed E-state index contributed by atoms with van der Waals surface area (Å²) in [4.78, 5) is 0.380. The third-order valence-corrected chi connectivity index (χ3v) is 2.67. The van der Waals surface area contributed by atoms with Crippen LogP contribution in [0.5, 0.6) is 0 Å². The molecule has 1 rings (SSSR count). The Balaban J connectivity index is 2.12. The van der Waals surface area contributed by atoms with E-state index < -0.39 is 0 Å². The van der Waals surface area contributed by atoms with Crippen molar-refractivity contribution in [3.63, 3.8) is 0 Å². The minimum Gasteiger partial charge on any atom is -0.349 e. The van der Waals surface area contributed by atoms with E-state index in [2.05, 4.69) is 22.9 Å². The third-order valence-electron chi connectivity index (χ3n) is 1.78. The minimum absolute atomic E-state index is 0.00144. The van der Waals surface area contributed by atoms with Crippen LogP contribution >= 0.6 is 15.9 Å². The van der Waals surface area contributed by atoms with Crippen LogP contribution in [0.3, 0.4) is 0 Å². The van der Waals surface area contributed by atoms with Crippen LogP contribution < -0.4 is 0 Å². The van der Waals surface area contributed by atoms with Crippen LogP contribution in [0.2, 0.25) is 0 Å². The molecule has 0 aromatic carbocycles. The van der Waals surface area contributed by atoms with Gasteiger partial charge in [0.15, 0.2) is 6.29 Å². The average molecular weight is 223 g/mol. The second kappa shape index (κ2) is 5.12. The van der Waals surface area contributed by atoms with Gasteiger partial charge in [0.25, 0.3) is 0 Å². The highest BCUT2D eigenvalue weighted by atomic mass is 79.9. The fourth-order valence-corrected chi connectivity index (χ4v) is 1.75. The fourth-order valence-electron chi connectivity index (χ4n) is 1.12. The Kier molecular flexibility index (Phi) is 4.41. The number of hydrogen-bond acceptors (Lipinski definition) is 2. The van der Waals surface area contributed by atoms with Gasteiger partial charge in [0.2, 0.25) is 0 Å². The van der Waals surface area contributed by atoms with Gasteiger partial charge in [-0.25, -0.2) is 0 Å². The fraction of sp³-hybridized carbons (Fsp3) is 1.00. The minimum atomic E-state index is 0.00144. The SMILES string of the molecule is CCCCC(Br)C1OCCO1. The van der Waals surface area contributed by atoms with Gasteiger partial charge in [-0.05, 0) is 6.42 Å². The summed E-state index contributed by atoms with van der Waals surface area (Å²) < 4.78 is 10.7. The number of unbranched alkanes of at least 4 members (excludes halogenated alkanes) is 1. The van der Waals surface area contributed by atoms with Gasteiger partial charge in [0.1, 0.15) is 0 Å². The van der Waals surface area contributed by atoms with Gasteiger partial charge in [-0.2, -0.15) is 0 Å². The zero-order valence-corrected chi connectivity index (χ0v) is 8.47. The van der Waals surface area contributed by atoms with Crippen molar-refractivity contribution in [2.24, 2.45) is 0 Å². The Bertz CT molecular complexity index is 102. The lowest BCUT2D eigenvalue weighted by molar-refractivity contribution is -0.0417. The molecule has 1 unspecified atom stereocenters. The molecular formula is C8H15BrO2. The van der Waals surface area contributed by atoms with Gasteiger partial charge in [-0.15, -0.1) is 0 Å². The molecular weight excluding hydrogens is 208 g/mol. The highest BCUT2D eigenvalue weighted by molar-refractivity contribution is 9.09. The molecule has 2 nitrogen and oxygen atoms in total. The maximum absolute atomic E-state index is 5.34. The first-order chi connectivity index (χ1) is 5.34. The van der Waals surface area contributed by atoms with Gasteiger partial charge >= 0.3 is 0 Å². The summed E-state index contributed by atoms with van der Waals surface area (Å²) in [5.41, 5.74) is 0. The van der Waals surface area contributed by atoms with E-state index in [1.54, 1.807) is 0 Å². The lowest BCUT2D eigenvalue weighted by Crippen LogP contribution is -2.21. The smallest absolute Gasteiger partial charge is 0.170 e. The standard InChI is InChI=1S/C8H15BrO2/c1-2-3-4-7(9)8-10-5-6-11-8/h7-8H,2-6H2,1H3. The lowest BCUT2D eigenvalue weighted by atomic mass is 10.2. The van der Waals surface area contributed by atoms with E-state index in [4.69, 9.17) is 9.47 Å². The molecule has 1 saturated heterocycles. The van der Waals surface area contributed by atoms with Crippen LogP contribution in [-0.4, -0.2) is 24.3 Å². The molecule has 0 saturated carbocycles. The quantitative estimate of drug-likeness (QED) is 0.681. The number of alkyl halides is 1. The molecule has 0 spiro atoms. The van der Waals surface area contributed by atoms with Crippen molar-refractivity contribution in [3.8, 4) is 0 Å². The molecule has 0 N–H and O–H groups in total. The normalized spacial score (nSPS) is 22.4. The lowest BCUT2D eigenvalue weighted by Gasteiger charge is -2.15. The van der Waals surface area contributed by atoms with Crippen LogP contribution in [0.4, 0.5) is 0 Å². The average Bonchev–Trinajstić information content (AvgIpc) is 2.52. The molecule has 1 fully saturated rings. The molecule has 0 bridgehead atoms. The number of halogens is 1. The van der Waals surface area contributed by atoms with Crippen molar-refractivity contribution in [2.75, 3.05) is 13.2 Å². The second-order valence-electron chi connectivity index (χ2n) is 2.77. The Labute approximate surface area is 76.4 Å². The van der Waals surface area contributed by atoms with Gasteiger partial charge in [-0.1, -0.05) is 35.7 Å². The molecule has 0 radical (unpaired) electrons. The highest BCUT2D eigenvalue weighted by Crippen LogP contribution is 2.20. The zero-order chi connectivity index (χ0) is 8.10. The summed E-state index contributed by atoms with van der Waals surface area (Å²) in [6, 6.07) is 0. The largest absolute Gasteiger partial charge is 0.349 e. The number of rotatable bonds is 4. The zero-order valence-electron chi connectivity index (χ0n) is 6.88. The van der Waals surface area contributed by atoms with Gasteiger partial charge in [0.05, 0.1) is 18.0 Å². The maximum Gasteiger partial charge on any atom is 0.170 e. The molecule has 66 valence electrons. The van der Waals surface area contributed by atoms with Crippen LogP contribution in [-0.2, 0) is 9.47 Å². The molecule has 0 amide bonds. The summed E-state index contributed by atoms with van der Waals surface area (Å²) in [6.45, 7) is 3.69. The van der Waals surface area contributed by atoms with E-state index in [1.807, 2.05) is 0 Å². The molecule has 0 aromatic heterocycles. The number of hydrogen-bond donors (Lipinski definition) is 0. The summed E-state index contributed by atoms with van der Waals surface area (Å²) in [6.07, 6.45) is 3.61. The van der Waals surface area contributed by atoms with E-state index in [-0.39, 0.29) is 6.29 Å². The van der Waals surface area contributed by atoms with Crippen LogP contribution in [0, 0.1) is 0 Å². The Hall–Kier alpha value is 0.400. The predicted molar refractivity (Wildman–Crippen MR) is 47.9 cm³/mol. The van der Waals surface area contributed by atoms with E-state index >= 15 is 0 Å². The summed E-state index contributed by atoms with van der Waals surface area (Å²) in [7, 11) is 0. The molecule has 0 aromatic rings. The van der Waals surface area contributed by atoms with Crippen LogP contribution in [0.15, 0.2) is 0 Å². The molecule has 3 heteroatoms. The first-order valence-corrected chi connectivity index (χ1v) is 5.13. The van der Waals surface area contributed by atoms with Crippen molar-refractivity contribution >= 4 is 15.9 Å². The van der Waals surface area contributed by atoms with Gasteiger partial charge < -0.3 is 9.47 Å². The first-order valence-electron chi connectivity index (χ1n) is 4.22. The topological polar surface area (TPSA) is 18.5 Å². The highest BCUT2D eigenvalue weighted by Gasteiger charge is 2.23. The molecule has 1 aliphatic heterocycles. The van der Waals surface area contributed by atoms with Crippen molar-refractivity contribution in [1.82, 2.24) is 0 Å². The molecule has 1 atom stereocenters. The van der Waals surface area contributed by atoms with E-state index in [0.717, 1.165) is 19.6 Å². The molecule has 0 aliphatic carbocycles. The Morgan fingerprint density at radius 3 is 2.64 bits per heavy atom. The van der Waals surface area contributed by atoms with Gasteiger partial charge in [0, 0.05) is 0 Å². The van der Waals surface area contributed by atoms with Crippen molar-refractivity contribution < 1.29 is 9.47 Å². The van der Waals surface area contributed by atoms with Crippen LogP contribution in [0.25, 0.3) is 0 Å². The predicted octanol–water partition coefficient (Wildman–Crippen LogP) is 2.31. The Morgan fingerprint density at radius 2 is 2.09 bits per heavy atom. The molecule has 11 heavy (non-hydrogen) atoms. The summed E-state index contributed by atoms with van der Waals surface area (Å²) in [5, 5.41) is 0. The van der Waals surface area contributed by atoms with Crippen molar-refractivity contribution in [3.05, 3.63) is 0 Å². The molecule has 1 heterocycles. The Morgan fingerprint density at radius 1 is 1.45 bits per heavy atom. The van der Waals surface area contributed by atoms with Gasteiger partial charge in [-0.3, -0.25) is 0 Å². The second-order valence-corrected chi connectivity index (χ2v) is 3.94. The first kappa shape index (κ1) is 9.49. The van der Waals surface area contributed by atoms with Crippen molar-refractivity contribution in [1.29, 1.82) is 0 Å². The van der Waals surface area contributed by atoms with Crippen molar-refractivity contribution in [2.45, 2.75) is 37.3 Å². The number of ether oxygens (including phenoxy) is 2. The third kappa shape index (κ3) is 3.09. The van der Waals surface area contributed by atoms with E-state index in [9.17, 15) is 0 Å². The maximum atomic E-state index is 5.34. The van der Waals surface area contributed by atoms with E-state index in [1.165, 1.54) is 12.8 Å². The monoisotopic (exact) mass is 222 g/mol. The summed E-state index contributed by atoms with van der Waals surface area (Å²) >= 11 is 3.56. The van der Waals surface area contributed by atoms with E-state index in [0.29, 0.717) is 4.83 Å². The van der Waals surface area contributed by atoms with Crippen LogP contribution in [0.1, 0.15) is 26.2 Å².